The highest BCUT2D eigenvalue weighted by atomic mass is 19.1. The molecule has 0 aliphatic carbocycles. The molecular weight excluding hydrogens is 239 g/mol. The first kappa shape index (κ1) is 14.0. The molecule has 1 rings (SSSR count). The minimum atomic E-state index is -0.897. The summed E-state index contributed by atoms with van der Waals surface area (Å²) in [7, 11) is 0. The molecule has 18 heavy (non-hydrogen) atoms. The lowest BCUT2D eigenvalue weighted by Crippen LogP contribution is -2.32. The van der Waals surface area contributed by atoms with Crippen LogP contribution in [0.1, 0.15) is 18.4 Å². The number of carbonyl (C=O) groups is 2. The molecule has 0 aliphatic heterocycles. The largest absolute Gasteiger partial charge is 0.448 e. The van der Waals surface area contributed by atoms with Crippen LogP contribution in [-0.4, -0.2) is 25.2 Å². The van der Waals surface area contributed by atoms with Gasteiger partial charge in [-0.15, -0.1) is 0 Å². The summed E-state index contributed by atoms with van der Waals surface area (Å²) in [5.41, 5.74) is 5.08. The average Bonchev–Trinajstić information content (AvgIpc) is 2.34. The average molecular weight is 254 g/mol. The van der Waals surface area contributed by atoms with Crippen molar-refractivity contribution in [1.82, 2.24) is 5.32 Å². The van der Waals surface area contributed by atoms with Crippen LogP contribution in [0.25, 0.3) is 0 Å². The van der Waals surface area contributed by atoms with E-state index in [1.165, 1.54) is 6.07 Å². The van der Waals surface area contributed by atoms with Gasteiger partial charge in [0.1, 0.15) is 12.4 Å². The second-order valence-electron chi connectivity index (χ2n) is 3.70. The van der Waals surface area contributed by atoms with Gasteiger partial charge in [0.25, 0.3) is 0 Å². The summed E-state index contributed by atoms with van der Waals surface area (Å²) < 4.78 is 17.9. The van der Waals surface area contributed by atoms with E-state index in [0.29, 0.717) is 5.56 Å². The van der Waals surface area contributed by atoms with Gasteiger partial charge in [-0.25, -0.2) is 9.18 Å². The molecule has 2 amide bonds. The smallest absolute Gasteiger partial charge is 0.404 e. The minimum Gasteiger partial charge on any atom is -0.448 e. The van der Waals surface area contributed by atoms with E-state index in [9.17, 15) is 14.0 Å². The van der Waals surface area contributed by atoms with E-state index in [-0.39, 0.29) is 19.1 Å². The van der Waals surface area contributed by atoms with Gasteiger partial charge >= 0.3 is 6.09 Å². The van der Waals surface area contributed by atoms with Crippen LogP contribution in [0.3, 0.4) is 0 Å². The predicted molar refractivity (Wildman–Crippen MR) is 63.4 cm³/mol. The maximum atomic E-state index is 13.4. The fourth-order valence-corrected chi connectivity index (χ4v) is 1.45. The van der Waals surface area contributed by atoms with Gasteiger partial charge in [0.15, 0.2) is 0 Å². The zero-order valence-corrected chi connectivity index (χ0v) is 9.98. The lowest BCUT2D eigenvalue weighted by atomic mass is 10.00. The molecule has 0 unspecified atom stereocenters. The van der Waals surface area contributed by atoms with E-state index in [4.69, 9.17) is 5.73 Å². The summed E-state index contributed by atoms with van der Waals surface area (Å²) in [5.74, 6) is -1.37. The SMILES string of the molecule is C[C@@H](C(=O)NCCOC(N)=O)c1ccccc1F. The van der Waals surface area contributed by atoms with E-state index in [1.807, 2.05) is 0 Å². The van der Waals surface area contributed by atoms with E-state index in [0.717, 1.165) is 0 Å². The predicted octanol–water partition coefficient (Wildman–Crippen LogP) is 1.14. The van der Waals surface area contributed by atoms with Crippen LogP contribution in [0, 0.1) is 5.82 Å². The van der Waals surface area contributed by atoms with Crippen LogP contribution in [0.5, 0.6) is 0 Å². The van der Waals surface area contributed by atoms with Crippen molar-refractivity contribution in [1.29, 1.82) is 0 Å². The fraction of sp³-hybridized carbons (Fsp3) is 0.333. The van der Waals surface area contributed by atoms with Crippen molar-refractivity contribution >= 4 is 12.0 Å². The van der Waals surface area contributed by atoms with Crippen LogP contribution in [0.4, 0.5) is 9.18 Å². The summed E-state index contributed by atoms with van der Waals surface area (Å²) in [4.78, 5) is 22.0. The van der Waals surface area contributed by atoms with Crippen LogP contribution < -0.4 is 11.1 Å². The zero-order valence-electron chi connectivity index (χ0n) is 9.98. The van der Waals surface area contributed by atoms with E-state index in [2.05, 4.69) is 10.1 Å². The molecule has 1 atom stereocenters. The second-order valence-corrected chi connectivity index (χ2v) is 3.70. The number of carbonyl (C=O) groups excluding carboxylic acids is 2. The van der Waals surface area contributed by atoms with Crippen molar-refractivity contribution in [2.75, 3.05) is 13.2 Å². The van der Waals surface area contributed by atoms with Gasteiger partial charge in [-0.2, -0.15) is 0 Å². The van der Waals surface area contributed by atoms with Crippen LogP contribution >= 0.6 is 0 Å². The number of ether oxygens (including phenoxy) is 1. The summed E-state index contributed by atoms with van der Waals surface area (Å²) in [6.07, 6.45) is -0.897. The molecule has 6 heteroatoms. The highest BCUT2D eigenvalue weighted by Crippen LogP contribution is 2.18. The van der Waals surface area contributed by atoms with Crippen molar-refractivity contribution < 1.29 is 18.7 Å². The maximum absolute atomic E-state index is 13.4. The van der Waals surface area contributed by atoms with Crippen molar-refractivity contribution in [3.63, 3.8) is 0 Å². The molecule has 0 radical (unpaired) electrons. The number of hydrogen-bond acceptors (Lipinski definition) is 3. The number of nitrogens with two attached hydrogens (primary N) is 1. The molecule has 0 saturated heterocycles. The molecule has 0 heterocycles. The fourth-order valence-electron chi connectivity index (χ4n) is 1.45. The molecule has 0 saturated carbocycles. The lowest BCUT2D eigenvalue weighted by molar-refractivity contribution is -0.122. The highest BCUT2D eigenvalue weighted by Gasteiger charge is 2.17. The number of halogens is 1. The molecule has 3 N–H and O–H groups in total. The number of hydrogen-bond donors (Lipinski definition) is 2. The molecule has 0 spiro atoms. The first-order chi connectivity index (χ1) is 8.52. The number of primary amides is 1. The monoisotopic (exact) mass is 254 g/mol. The molecule has 1 aromatic rings. The first-order valence-electron chi connectivity index (χ1n) is 5.46. The summed E-state index contributed by atoms with van der Waals surface area (Å²) >= 11 is 0. The van der Waals surface area contributed by atoms with Gasteiger partial charge in [-0.3, -0.25) is 4.79 Å². The second kappa shape index (κ2) is 6.58. The Bertz CT molecular complexity index is 437. The molecular formula is C12H15FN2O3. The Kier molecular flexibility index (Phi) is 5.10. The molecule has 1 aromatic carbocycles. The number of amides is 2. The van der Waals surface area contributed by atoms with Crippen molar-refractivity contribution in [2.24, 2.45) is 5.73 Å². The lowest BCUT2D eigenvalue weighted by Gasteiger charge is -2.13. The number of rotatable bonds is 5. The van der Waals surface area contributed by atoms with Gasteiger partial charge in [-0.05, 0) is 18.6 Å². The highest BCUT2D eigenvalue weighted by molar-refractivity contribution is 5.83. The Morgan fingerprint density at radius 2 is 2.11 bits per heavy atom. The summed E-state index contributed by atoms with van der Waals surface area (Å²) in [6.45, 7) is 1.73. The Morgan fingerprint density at radius 3 is 2.72 bits per heavy atom. The Labute approximate surface area is 104 Å². The van der Waals surface area contributed by atoms with E-state index >= 15 is 0 Å². The quantitative estimate of drug-likeness (QED) is 0.773. The van der Waals surface area contributed by atoms with Crippen LogP contribution in [-0.2, 0) is 9.53 Å². The Hall–Kier alpha value is -2.11. The maximum Gasteiger partial charge on any atom is 0.404 e. The third kappa shape index (κ3) is 4.04. The normalized spacial score (nSPS) is 11.7. The van der Waals surface area contributed by atoms with Gasteiger partial charge in [-0.1, -0.05) is 18.2 Å². The summed E-state index contributed by atoms with van der Waals surface area (Å²) in [6, 6.07) is 6.08. The van der Waals surface area contributed by atoms with Crippen LogP contribution in [0.15, 0.2) is 24.3 Å². The van der Waals surface area contributed by atoms with Gasteiger partial charge in [0.05, 0.1) is 12.5 Å². The van der Waals surface area contributed by atoms with E-state index < -0.39 is 17.8 Å². The third-order valence-corrected chi connectivity index (χ3v) is 2.41. The van der Waals surface area contributed by atoms with Crippen molar-refractivity contribution in [3.05, 3.63) is 35.6 Å². The molecule has 0 aromatic heterocycles. The van der Waals surface area contributed by atoms with E-state index in [1.54, 1.807) is 25.1 Å². The first-order valence-corrected chi connectivity index (χ1v) is 5.46. The number of nitrogens with one attached hydrogen (secondary N) is 1. The van der Waals surface area contributed by atoms with Gasteiger partial charge in [0.2, 0.25) is 5.91 Å². The van der Waals surface area contributed by atoms with Gasteiger partial charge < -0.3 is 15.8 Å². The molecule has 0 fully saturated rings. The van der Waals surface area contributed by atoms with Crippen molar-refractivity contribution in [2.45, 2.75) is 12.8 Å². The minimum absolute atomic E-state index is 0.00886. The Balaban J connectivity index is 2.47. The Morgan fingerprint density at radius 1 is 1.44 bits per heavy atom. The van der Waals surface area contributed by atoms with Crippen molar-refractivity contribution in [3.8, 4) is 0 Å². The van der Waals surface area contributed by atoms with Crippen LogP contribution in [0.2, 0.25) is 0 Å². The molecule has 98 valence electrons. The molecule has 0 bridgehead atoms. The summed E-state index contributed by atoms with van der Waals surface area (Å²) in [5, 5.41) is 2.53. The topological polar surface area (TPSA) is 81.4 Å². The van der Waals surface area contributed by atoms with Gasteiger partial charge in [0, 0.05) is 0 Å². The third-order valence-electron chi connectivity index (χ3n) is 2.41. The molecule has 0 aliphatic rings. The zero-order chi connectivity index (χ0) is 13.5. The number of benzene rings is 1. The standard InChI is InChI=1S/C12H15FN2O3/c1-8(9-4-2-3-5-10(9)13)11(16)15-6-7-18-12(14)17/h2-5,8H,6-7H2,1H3,(H2,14,17)(H,15,16)/t8-/m1/s1. The molecule has 5 nitrogen and oxygen atoms in total.